The summed E-state index contributed by atoms with van der Waals surface area (Å²) in [6.45, 7) is 6.81. The van der Waals surface area contributed by atoms with Crippen LogP contribution in [0.25, 0.3) is 0 Å². The van der Waals surface area contributed by atoms with E-state index in [2.05, 4.69) is 13.8 Å². The Labute approximate surface area is 129 Å². The lowest BCUT2D eigenvalue weighted by Gasteiger charge is -2.15. The van der Waals surface area contributed by atoms with Gasteiger partial charge in [-0.05, 0) is 36.8 Å². The molecule has 0 atom stereocenters. The van der Waals surface area contributed by atoms with Crippen LogP contribution >= 0.6 is 11.6 Å². The van der Waals surface area contributed by atoms with E-state index in [4.69, 9.17) is 16.3 Å². The van der Waals surface area contributed by atoms with Gasteiger partial charge in [-0.25, -0.2) is 0 Å². The molecule has 3 rings (SSSR count). The third-order valence-electron chi connectivity index (χ3n) is 3.99. The predicted octanol–water partition coefficient (Wildman–Crippen LogP) is 4.55. The molecule has 0 N–H and O–H groups in total. The Bertz CT molecular complexity index is 732. The maximum atomic E-state index is 12.6. The SMILES string of the molecule is Cc1ccc(C(=O)c2ccc3c(c2)C(C)(C)CO3)cc1Cl. The van der Waals surface area contributed by atoms with Gasteiger partial charge in [0.2, 0.25) is 0 Å². The van der Waals surface area contributed by atoms with Crippen LogP contribution in [0.1, 0.15) is 40.9 Å². The summed E-state index contributed by atoms with van der Waals surface area (Å²) in [4.78, 5) is 12.6. The molecule has 1 heterocycles. The van der Waals surface area contributed by atoms with Crippen molar-refractivity contribution in [1.82, 2.24) is 0 Å². The van der Waals surface area contributed by atoms with Gasteiger partial charge in [0.25, 0.3) is 0 Å². The Kier molecular flexibility index (Phi) is 3.29. The standard InChI is InChI=1S/C18H17ClO2/c1-11-4-5-13(9-15(11)19)17(20)12-6-7-16-14(8-12)18(2,3)10-21-16/h4-9H,10H2,1-3H3. The van der Waals surface area contributed by atoms with E-state index < -0.39 is 0 Å². The van der Waals surface area contributed by atoms with E-state index in [0.29, 0.717) is 22.8 Å². The maximum absolute atomic E-state index is 12.6. The molecule has 2 nitrogen and oxygen atoms in total. The second-order valence-electron chi connectivity index (χ2n) is 6.18. The van der Waals surface area contributed by atoms with Gasteiger partial charge in [0.1, 0.15) is 5.75 Å². The number of carbonyl (C=O) groups excluding carboxylic acids is 1. The molecular formula is C18H17ClO2. The summed E-state index contributed by atoms with van der Waals surface area (Å²) in [7, 11) is 0. The highest BCUT2D eigenvalue weighted by Gasteiger charge is 2.32. The van der Waals surface area contributed by atoms with E-state index in [9.17, 15) is 4.79 Å². The molecule has 0 bridgehead atoms. The first-order valence-corrected chi connectivity index (χ1v) is 7.34. The lowest BCUT2D eigenvalue weighted by molar-refractivity contribution is 0.103. The lowest BCUT2D eigenvalue weighted by Crippen LogP contribution is -2.18. The number of carbonyl (C=O) groups is 1. The van der Waals surface area contributed by atoms with Crippen LogP contribution in [0, 0.1) is 6.92 Å². The molecule has 0 aromatic heterocycles. The second kappa shape index (κ2) is 4.88. The van der Waals surface area contributed by atoms with Crippen LogP contribution in [0.15, 0.2) is 36.4 Å². The molecule has 21 heavy (non-hydrogen) atoms. The van der Waals surface area contributed by atoms with Gasteiger partial charge in [0.05, 0.1) is 6.61 Å². The van der Waals surface area contributed by atoms with Crippen LogP contribution in [0.2, 0.25) is 5.02 Å². The molecule has 2 aromatic rings. The van der Waals surface area contributed by atoms with Gasteiger partial charge in [-0.3, -0.25) is 4.79 Å². The molecule has 1 aliphatic rings. The van der Waals surface area contributed by atoms with Crippen molar-refractivity contribution in [3.05, 3.63) is 63.7 Å². The summed E-state index contributed by atoms with van der Waals surface area (Å²) in [5.74, 6) is 0.862. The van der Waals surface area contributed by atoms with Crippen molar-refractivity contribution in [2.24, 2.45) is 0 Å². The summed E-state index contributed by atoms with van der Waals surface area (Å²) in [6.07, 6.45) is 0. The topological polar surface area (TPSA) is 26.3 Å². The number of hydrogen-bond acceptors (Lipinski definition) is 2. The summed E-state index contributed by atoms with van der Waals surface area (Å²) < 4.78 is 5.66. The molecule has 0 saturated carbocycles. The minimum Gasteiger partial charge on any atom is -0.492 e. The van der Waals surface area contributed by atoms with Crippen LogP contribution in [0.5, 0.6) is 5.75 Å². The molecule has 0 amide bonds. The molecule has 0 unspecified atom stereocenters. The lowest BCUT2D eigenvalue weighted by atomic mass is 9.85. The van der Waals surface area contributed by atoms with Crippen LogP contribution in [0.4, 0.5) is 0 Å². The van der Waals surface area contributed by atoms with Crippen molar-refractivity contribution >= 4 is 17.4 Å². The normalized spacial score (nSPS) is 15.4. The van der Waals surface area contributed by atoms with Gasteiger partial charge in [-0.15, -0.1) is 0 Å². The molecular weight excluding hydrogens is 284 g/mol. The van der Waals surface area contributed by atoms with Crippen LogP contribution in [0.3, 0.4) is 0 Å². The van der Waals surface area contributed by atoms with E-state index in [1.807, 2.05) is 37.3 Å². The van der Waals surface area contributed by atoms with E-state index in [1.165, 1.54) is 0 Å². The van der Waals surface area contributed by atoms with Gasteiger partial charge in [0, 0.05) is 27.1 Å². The fourth-order valence-electron chi connectivity index (χ4n) is 2.56. The van der Waals surface area contributed by atoms with E-state index >= 15 is 0 Å². The molecule has 2 aromatic carbocycles. The fraction of sp³-hybridized carbons (Fsp3) is 0.278. The van der Waals surface area contributed by atoms with Gasteiger partial charge in [-0.1, -0.05) is 37.6 Å². The summed E-state index contributed by atoms with van der Waals surface area (Å²) in [6, 6.07) is 11.1. The molecule has 3 heteroatoms. The number of ketones is 1. The second-order valence-corrected chi connectivity index (χ2v) is 6.58. The highest BCUT2D eigenvalue weighted by Crippen LogP contribution is 2.39. The van der Waals surface area contributed by atoms with Gasteiger partial charge in [-0.2, -0.15) is 0 Å². The van der Waals surface area contributed by atoms with Gasteiger partial charge < -0.3 is 4.74 Å². The first-order chi connectivity index (χ1) is 9.88. The minimum atomic E-state index is -0.0590. The van der Waals surface area contributed by atoms with Crippen molar-refractivity contribution < 1.29 is 9.53 Å². The number of fused-ring (bicyclic) bond motifs is 1. The average Bonchev–Trinajstić information content (AvgIpc) is 2.76. The zero-order valence-electron chi connectivity index (χ0n) is 12.4. The predicted molar refractivity (Wildman–Crippen MR) is 84.6 cm³/mol. The Morgan fingerprint density at radius 3 is 2.52 bits per heavy atom. The highest BCUT2D eigenvalue weighted by molar-refractivity contribution is 6.31. The Morgan fingerprint density at radius 1 is 1.14 bits per heavy atom. The Hall–Kier alpha value is -1.80. The first kappa shape index (κ1) is 14.2. The molecule has 0 fully saturated rings. The maximum Gasteiger partial charge on any atom is 0.193 e. The van der Waals surface area contributed by atoms with E-state index in [0.717, 1.165) is 16.9 Å². The zero-order valence-corrected chi connectivity index (χ0v) is 13.1. The molecule has 0 spiro atoms. The van der Waals surface area contributed by atoms with Crippen molar-refractivity contribution in [3.63, 3.8) is 0 Å². The highest BCUT2D eigenvalue weighted by atomic mass is 35.5. The zero-order chi connectivity index (χ0) is 15.2. The van der Waals surface area contributed by atoms with Crippen LogP contribution in [-0.4, -0.2) is 12.4 Å². The number of hydrogen-bond donors (Lipinski definition) is 0. The van der Waals surface area contributed by atoms with Crippen molar-refractivity contribution in [2.45, 2.75) is 26.2 Å². The molecule has 0 radical (unpaired) electrons. The molecule has 1 aliphatic heterocycles. The van der Waals surface area contributed by atoms with E-state index in [1.54, 1.807) is 6.07 Å². The Balaban J connectivity index is 2.01. The number of benzene rings is 2. The Morgan fingerprint density at radius 2 is 1.81 bits per heavy atom. The molecule has 108 valence electrons. The third-order valence-corrected chi connectivity index (χ3v) is 4.40. The van der Waals surface area contributed by atoms with Crippen LogP contribution in [-0.2, 0) is 5.41 Å². The third kappa shape index (κ3) is 2.44. The quantitative estimate of drug-likeness (QED) is 0.761. The average molecular weight is 301 g/mol. The number of aryl methyl sites for hydroxylation is 1. The first-order valence-electron chi connectivity index (χ1n) is 6.97. The van der Waals surface area contributed by atoms with Gasteiger partial charge in [0.15, 0.2) is 5.78 Å². The molecule has 0 saturated heterocycles. The minimum absolute atomic E-state index is 0.0117. The van der Waals surface area contributed by atoms with Crippen LogP contribution < -0.4 is 4.74 Å². The van der Waals surface area contributed by atoms with Crippen molar-refractivity contribution in [3.8, 4) is 5.75 Å². The number of halogens is 1. The van der Waals surface area contributed by atoms with Gasteiger partial charge >= 0.3 is 0 Å². The summed E-state index contributed by atoms with van der Waals surface area (Å²) in [5, 5.41) is 0.616. The van der Waals surface area contributed by atoms with Crippen molar-refractivity contribution in [1.29, 1.82) is 0 Å². The fourth-order valence-corrected chi connectivity index (χ4v) is 2.74. The smallest absolute Gasteiger partial charge is 0.193 e. The summed E-state index contributed by atoms with van der Waals surface area (Å²) in [5.41, 5.74) is 3.29. The largest absolute Gasteiger partial charge is 0.492 e. The molecule has 0 aliphatic carbocycles. The number of rotatable bonds is 2. The van der Waals surface area contributed by atoms with Crippen molar-refractivity contribution in [2.75, 3.05) is 6.61 Å². The summed E-state index contributed by atoms with van der Waals surface area (Å²) >= 11 is 6.11. The number of ether oxygens (including phenoxy) is 1. The van der Waals surface area contributed by atoms with E-state index in [-0.39, 0.29) is 11.2 Å². The monoisotopic (exact) mass is 300 g/mol.